The zero-order valence-corrected chi connectivity index (χ0v) is 20.3. The summed E-state index contributed by atoms with van der Waals surface area (Å²) in [5, 5.41) is 15.2. The Morgan fingerprint density at radius 3 is 2.26 bits per heavy atom. The molecule has 1 saturated heterocycles. The van der Waals surface area contributed by atoms with Gasteiger partial charge in [-0.25, -0.2) is 4.79 Å². The fourth-order valence-corrected chi connectivity index (χ4v) is 6.68. The highest BCUT2D eigenvalue weighted by molar-refractivity contribution is 7.99. The Bertz CT molecular complexity index is 1080. The van der Waals surface area contributed by atoms with Crippen molar-refractivity contribution in [2.75, 3.05) is 24.7 Å². The highest BCUT2D eigenvalue weighted by Gasteiger charge is 2.46. The molecule has 184 valence electrons. The summed E-state index contributed by atoms with van der Waals surface area (Å²) in [6.07, 6.45) is 1.50. The maximum Gasteiger partial charge on any atom is 0.407 e. The Labute approximate surface area is 209 Å². The van der Waals surface area contributed by atoms with Gasteiger partial charge in [-0.15, -0.1) is 0 Å². The number of ether oxygens (including phenoxy) is 1. The predicted molar refractivity (Wildman–Crippen MR) is 134 cm³/mol. The second-order valence-electron chi connectivity index (χ2n) is 9.76. The lowest BCUT2D eigenvalue weighted by molar-refractivity contribution is -0.139. The summed E-state index contributed by atoms with van der Waals surface area (Å²) in [4.78, 5) is 36.6. The van der Waals surface area contributed by atoms with E-state index in [9.17, 15) is 19.5 Å². The normalized spacial score (nSPS) is 21.9. The van der Waals surface area contributed by atoms with E-state index in [0.717, 1.165) is 22.6 Å². The van der Waals surface area contributed by atoms with Crippen LogP contribution in [0.1, 0.15) is 42.7 Å². The van der Waals surface area contributed by atoms with Crippen molar-refractivity contribution in [3.63, 3.8) is 0 Å². The minimum Gasteiger partial charge on any atom is -0.481 e. The van der Waals surface area contributed by atoms with Gasteiger partial charge < -0.3 is 20.5 Å². The summed E-state index contributed by atoms with van der Waals surface area (Å²) in [7, 11) is 0. The first-order valence-electron chi connectivity index (χ1n) is 12.2. The van der Waals surface area contributed by atoms with Crippen LogP contribution in [-0.2, 0) is 14.3 Å². The van der Waals surface area contributed by atoms with E-state index in [1.54, 1.807) is 11.8 Å². The predicted octanol–water partition coefficient (Wildman–Crippen LogP) is 4.02. The highest BCUT2D eigenvalue weighted by atomic mass is 32.2. The maximum atomic E-state index is 12.8. The van der Waals surface area contributed by atoms with Crippen molar-refractivity contribution in [3.05, 3.63) is 59.7 Å². The molecule has 1 heterocycles. The van der Waals surface area contributed by atoms with Gasteiger partial charge in [-0.05, 0) is 58.9 Å². The van der Waals surface area contributed by atoms with Gasteiger partial charge in [-0.3, -0.25) is 9.59 Å². The average Bonchev–Trinajstić information content (AvgIpc) is 3.57. The van der Waals surface area contributed by atoms with E-state index in [4.69, 9.17) is 4.74 Å². The molecule has 5 rings (SSSR count). The zero-order chi connectivity index (χ0) is 24.4. The molecule has 35 heavy (non-hydrogen) atoms. The second-order valence-corrected chi connectivity index (χ2v) is 11.0. The number of benzene rings is 2. The molecule has 3 N–H and O–H groups in total. The number of carbonyl (C=O) groups excluding carboxylic acids is 2. The number of fused-ring (bicyclic) bond motifs is 3. The third-order valence-corrected chi connectivity index (χ3v) is 8.43. The van der Waals surface area contributed by atoms with E-state index in [0.29, 0.717) is 25.8 Å². The van der Waals surface area contributed by atoms with E-state index >= 15 is 0 Å². The standard InChI is InChI=1S/C27H30N2O5S/c30-24(31)14-27(9-11-35-12-10-27)29-25(32)22-13-17(22)15-28-26(33)34-16-23-20-7-3-1-5-18(20)19-6-2-4-8-21(19)23/h1-8,17,22-23H,9-16H2,(H,28,33)(H,29,32)(H,30,31)/t17-,22-/m0/s1. The summed E-state index contributed by atoms with van der Waals surface area (Å²) < 4.78 is 5.58. The molecule has 0 spiro atoms. The van der Waals surface area contributed by atoms with Crippen molar-refractivity contribution < 1.29 is 24.2 Å². The third kappa shape index (κ3) is 5.17. The van der Waals surface area contributed by atoms with Gasteiger partial charge in [-0.2, -0.15) is 11.8 Å². The number of alkyl carbamates (subject to hydrolysis) is 1. The van der Waals surface area contributed by atoms with Crippen molar-refractivity contribution in [1.29, 1.82) is 0 Å². The number of amides is 2. The molecular formula is C27H30N2O5S. The number of rotatable bonds is 8. The molecule has 1 saturated carbocycles. The van der Waals surface area contributed by atoms with Crippen LogP contribution in [0.25, 0.3) is 11.1 Å². The largest absolute Gasteiger partial charge is 0.481 e. The fraction of sp³-hybridized carbons (Fsp3) is 0.444. The van der Waals surface area contributed by atoms with Crippen LogP contribution in [0, 0.1) is 11.8 Å². The molecular weight excluding hydrogens is 464 g/mol. The summed E-state index contributed by atoms with van der Waals surface area (Å²) in [5.41, 5.74) is 4.04. The topological polar surface area (TPSA) is 105 Å². The zero-order valence-electron chi connectivity index (χ0n) is 19.5. The van der Waals surface area contributed by atoms with Crippen LogP contribution in [-0.4, -0.2) is 53.3 Å². The van der Waals surface area contributed by atoms with Crippen LogP contribution in [0.2, 0.25) is 0 Å². The quantitative estimate of drug-likeness (QED) is 0.512. The summed E-state index contributed by atoms with van der Waals surface area (Å²) in [6, 6.07) is 16.4. The monoisotopic (exact) mass is 494 g/mol. The Kier molecular flexibility index (Phi) is 6.73. The molecule has 2 amide bonds. The molecule has 0 aromatic heterocycles. The number of nitrogens with one attached hydrogen (secondary N) is 2. The van der Waals surface area contributed by atoms with Gasteiger partial charge in [0.25, 0.3) is 0 Å². The molecule has 1 aliphatic heterocycles. The Morgan fingerprint density at radius 1 is 1.00 bits per heavy atom. The van der Waals surface area contributed by atoms with Gasteiger partial charge in [0, 0.05) is 18.4 Å². The third-order valence-electron chi connectivity index (χ3n) is 7.44. The first-order chi connectivity index (χ1) is 17.0. The van der Waals surface area contributed by atoms with E-state index in [-0.39, 0.29) is 36.7 Å². The molecule has 8 heteroatoms. The Morgan fingerprint density at radius 2 is 1.63 bits per heavy atom. The van der Waals surface area contributed by atoms with E-state index in [2.05, 4.69) is 34.9 Å². The first kappa shape index (κ1) is 23.7. The van der Waals surface area contributed by atoms with Crippen molar-refractivity contribution in [3.8, 4) is 11.1 Å². The van der Waals surface area contributed by atoms with E-state index < -0.39 is 17.6 Å². The minimum absolute atomic E-state index is 0.00619. The van der Waals surface area contributed by atoms with Crippen LogP contribution >= 0.6 is 11.8 Å². The van der Waals surface area contributed by atoms with Crippen molar-refractivity contribution in [2.45, 2.75) is 37.1 Å². The molecule has 0 unspecified atom stereocenters. The SMILES string of the molecule is O=C(O)CC1(NC(=O)[C@H]2C[C@H]2CNC(=O)OCC2c3ccccc3-c3ccccc32)CCSCC1. The Hall–Kier alpha value is -3.00. The molecule has 3 aliphatic rings. The van der Waals surface area contributed by atoms with Gasteiger partial charge >= 0.3 is 12.1 Å². The second kappa shape index (κ2) is 9.93. The summed E-state index contributed by atoms with van der Waals surface area (Å²) in [5.74, 6) is 0.584. The molecule has 2 fully saturated rings. The lowest BCUT2D eigenvalue weighted by Gasteiger charge is -2.36. The molecule has 7 nitrogen and oxygen atoms in total. The smallest absolute Gasteiger partial charge is 0.407 e. The first-order valence-corrected chi connectivity index (χ1v) is 13.3. The summed E-state index contributed by atoms with van der Waals surface area (Å²) in [6.45, 7) is 0.626. The number of thioether (sulfide) groups is 1. The Balaban J connectivity index is 1.10. The van der Waals surface area contributed by atoms with Gasteiger partial charge in [0.2, 0.25) is 5.91 Å². The number of carbonyl (C=O) groups is 3. The number of carboxylic acid groups (broad SMARTS) is 1. The minimum atomic E-state index is -0.888. The van der Waals surface area contributed by atoms with Crippen molar-refractivity contribution >= 4 is 29.7 Å². The molecule has 2 aliphatic carbocycles. The van der Waals surface area contributed by atoms with Crippen LogP contribution < -0.4 is 10.6 Å². The van der Waals surface area contributed by atoms with Crippen molar-refractivity contribution in [1.82, 2.24) is 10.6 Å². The lowest BCUT2D eigenvalue weighted by atomic mass is 9.88. The van der Waals surface area contributed by atoms with Crippen molar-refractivity contribution in [2.24, 2.45) is 11.8 Å². The molecule has 2 atom stereocenters. The number of hydrogen-bond donors (Lipinski definition) is 3. The van der Waals surface area contributed by atoms with Crippen LogP contribution in [0.3, 0.4) is 0 Å². The number of hydrogen-bond acceptors (Lipinski definition) is 5. The van der Waals surface area contributed by atoms with Gasteiger partial charge in [-0.1, -0.05) is 48.5 Å². The van der Waals surface area contributed by atoms with Crippen LogP contribution in [0.4, 0.5) is 4.79 Å². The summed E-state index contributed by atoms with van der Waals surface area (Å²) >= 11 is 1.79. The molecule has 2 aromatic rings. The lowest BCUT2D eigenvalue weighted by Crippen LogP contribution is -2.52. The molecule has 0 radical (unpaired) electrons. The fourth-order valence-electron chi connectivity index (χ4n) is 5.41. The van der Waals surface area contributed by atoms with Gasteiger partial charge in [0.05, 0.1) is 12.0 Å². The number of aliphatic carboxylic acids is 1. The van der Waals surface area contributed by atoms with Crippen LogP contribution in [0.15, 0.2) is 48.5 Å². The van der Waals surface area contributed by atoms with Gasteiger partial charge in [0.1, 0.15) is 6.61 Å². The van der Waals surface area contributed by atoms with E-state index in [1.807, 2.05) is 24.3 Å². The van der Waals surface area contributed by atoms with E-state index in [1.165, 1.54) is 11.1 Å². The molecule has 0 bridgehead atoms. The van der Waals surface area contributed by atoms with Gasteiger partial charge in [0.15, 0.2) is 0 Å². The van der Waals surface area contributed by atoms with Crippen LogP contribution in [0.5, 0.6) is 0 Å². The molecule has 2 aromatic carbocycles. The average molecular weight is 495 g/mol. The maximum absolute atomic E-state index is 12.8. The highest BCUT2D eigenvalue weighted by Crippen LogP contribution is 2.44. The number of carboxylic acids is 1.